The van der Waals surface area contributed by atoms with E-state index in [2.05, 4.69) is 47.7 Å². The number of ether oxygens (including phenoxy) is 2. The van der Waals surface area contributed by atoms with Gasteiger partial charge in [-0.15, -0.1) is 0 Å². The van der Waals surface area contributed by atoms with Gasteiger partial charge in [0.2, 0.25) is 5.91 Å². The largest absolute Gasteiger partial charge is 0.453 e. The Hall–Kier alpha value is -7.66. The Morgan fingerprint density at radius 2 is 1.19 bits per heavy atom. The highest BCUT2D eigenvalue weighted by Gasteiger charge is 2.37. The number of hydrogen-bond donors (Lipinski definition) is 5. The van der Waals surface area contributed by atoms with E-state index >= 15 is 0 Å². The van der Waals surface area contributed by atoms with Gasteiger partial charge in [-0.2, -0.15) is 0 Å². The summed E-state index contributed by atoms with van der Waals surface area (Å²) in [5, 5.41) is 8.39. The Labute approximate surface area is 359 Å². The van der Waals surface area contributed by atoms with E-state index < -0.39 is 36.2 Å². The van der Waals surface area contributed by atoms with Crippen LogP contribution in [0.4, 0.5) is 9.59 Å². The van der Waals surface area contributed by atoms with Crippen LogP contribution in [-0.2, 0) is 19.1 Å². The molecule has 0 bridgehead atoms. The maximum absolute atomic E-state index is 13.9. The summed E-state index contributed by atoms with van der Waals surface area (Å²) in [4.78, 5) is 69.6. The Bertz CT molecular complexity index is 2460. The minimum Gasteiger partial charge on any atom is -0.453 e. The molecule has 4 amide bonds. The lowest BCUT2D eigenvalue weighted by atomic mass is 10.0. The summed E-state index contributed by atoms with van der Waals surface area (Å²) in [6, 6.07) is 31.2. The van der Waals surface area contributed by atoms with Crippen molar-refractivity contribution in [3.63, 3.8) is 0 Å². The van der Waals surface area contributed by atoms with Crippen molar-refractivity contribution in [2.24, 2.45) is 5.92 Å². The van der Waals surface area contributed by atoms with Crippen molar-refractivity contribution in [1.29, 1.82) is 0 Å². The maximum atomic E-state index is 13.9. The number of likely N-dealkylation sites (tertiary alicyclic amines) is 1. The van der Waals surface area contributed by atoms with Gasteiger partial charge in [0.1, 0.15) is 23.7 Å². The zero-order valence-corrected chi connectivity index (χ0v) is 34.8. The molecule has 1 aliphatic rings. The summed E-state index contributed by atoms with van der Waals surface area (Å²) < 4.78 is 9.59. The standard InChI is InChI=1S/C48H48N8O6/c1-30(2)40(53-45(57)41(54-47(59)61-3)35-12-7-5-8-13-35)44-50-29-38(52-44)34-25-21-32(22-26-34)18-17-31-19-23-33(24-20-31)37-28-49-43(51-37)39-16-11-27-56(39)46(58)42(55-48(60)62-4)36-14-9-6-10-15-36/h5-10,12-15,19-26,28-30,39-42H,11,16,27H2,1-4H3,(H,49,51)(H,50,52)(H,53,57)(H,54,59)(H,55,60). The van der Waals surface area contributed by atoms with Crippen molar-refractivity contribution in [3.05, 3.63) is 155 Å². The molecule has 0 saturated carbocycles. The van der Waals surface area contributed by atoms with Crippen LogP contribution in [0.5, 0.6) is 0 Å². The van der Waals surface area contributed by atoms with Crippen LogP contribution in [0.25, 0.3) is 22.5 Å². The van der Waals surface area contributed by atoms with Gasteiger partial charge < -0.3 is 40.3 Å². The second-order valence-corrected chi connectivity index (χ2v) is 15.1. The number of alkyl carbamates (subject to hydrolysis) is 2. The molecule has 6 aromatic rings. The molecule has 0 spiro atoms. The predicted molar refractivity (Wildman–Crippen MR) is 233 cm³/mol. The van der Waals surface area contributed by atoms with Crippen molar-refractivity contribution in [2.45, 2.75) is 50.9 Å². The summed E-state index contributed by atoms with van der Waals surface area (Å²) in [6.45, 7) is 4.51. The molecular weight excluding hydrogens is 785 g/mol. The number of imidazole rings is 2. The lowest BCUT2D eigenvalue weighted by Gasteiger charge is -2.28. The summed E-state index contributed by atoms with van der Waals surface area (Å²) >= 11 is 0. The second kappa shape index (κ2) is 19.6. The molecule has 1 fully saturated rings. The van der Waals surface area contributed by atoms with Crippen LogP contribution in [0, 0.1) is 17.8 Å². The van der Waals surface area contributed by atoms with Gasteiger partial charge in [-0.05, 0) is 65.3 Å². The van der Waals surface area contributed by atoms with Crippen LogP contribution in [0.1, 0.15) is 84.8 Å². The number of carbonyl (C=O) groups excluding carboxylic acids is 4. The first-order valence-electron chi connectivity index (χ1n) is 20.3. The molecule has 1 saturated heterocycles. The van der Waals surface area contributed by atoms with Crippen molar-refractivity contribution in [3.8, 4) is 34.4 Å². The molecule has 7 rings (SSSR count). The smallest absolute Gasteiger partial charge is 0.407 e. The lowest BCUT2D eigenvalue weighted by molar-refractivity contribution is -0.134. The molecule has 3 heterocycles. The van der Waals surface area contributed by atoms with Crippen LogP contribution in [-0.4, -0.2) is 69.6 Å². The van der Waals surface area contributed by atoms with Crippen molar-refractivity contribution < 1.29 is 28.7 Å². The first-order chi connectivity index (χ1) is 30.1. The van der Waals surface area contributed by atoms with E-state index in [0.29, 0.717) is 29.3 Å². The molecule has 0 aliphatic carbocycles. The number of H-pyrrole nitrogens is 2. The molecule has 14 nitrogen and oxygen atoms in total. The molecule has 62 heavy (non-hydrogen) atoms. The molecule has 4 atom stereocenters. The average molecular weight is 833 g/mol. The summed E-state index contributed by atoms with van der Waals surface area (Å²) in [7, 11) is 2.53. The Morgan fingerprint density at radius 3 is 1.74 bits per heavy atom. The minimum atomic E-state index is -0.955. The van der Waals surface area contributed by atoms with Crippen LogP contribution in [0.3, 0.4) is 0 Å². The average Bonchev–Trinajstić information content (AvgIpc) is 4.11. The summed E-state index contributed by atoms with van der Waals surface area (Å²) in [5.74, 6) is 7.12. The van der Waals surface area contributed by atoms with Crippen molar-refractivity contribution in [2.75, 3.05) is 20.8 Å². The van der Waals surface area contributed by atoms with Gasteiger partial charge in [0, 0.05) is 17.7 Å². The van der Waals surface area contributed by atoms with Crippen molar-refractivity contribution >= 4 is 24.0 Å². The van der Waals surface area contributed by atoms with Crippen LogP contribution in [0.15, 0.2) is 122 Å². The number of rotatable bonds is 12. The van der Waals surface area contributed by atoms with E-state index in [1.807, 2.05) is 98.8 Å². The van der Waals surface area contributed by atoms with E-state index in [4.69, 9.17) is 9.47 Å². The number of aromatic nitrogens is 4. The lowest BCUT2D eigenvalue weighted by Crippen LogP contribution is -2.43. The van der Waals surface area contributed by atoms with Crippen LogP contribution < -0.4 is 16.0 Å². The number of carbonyl (C=O) groups is 4. The Morgan fingerprint density at radius 1 is 0.677 bits per heavy atom. The van der Waals surface area contributed by atoms with Gasteiger partial charge >= 0.3 is 12.2 Å². The summed E-state index contributed by atoms with van der Waals surface area (Å²) in [5.41, 5.74) is 6.39. The highest BCUT2D eigenvalue weighted by atomic mass is 16.5. The number of nitrogens with one attached hydrogen (secondary N) is 5. The zero-order valence-electron chi connectivity index (χ0n) is 34.8. The monoisotopic (exact) mass is 832 g/mol. The molecule has 4 aromatic carbocycles. The number of hydrogen-bond acceptors (Lipinski definition) is 8. The van der Waals surface area contributed by atoms with Gasteiger partial charge in [0.15, 0.2) is 0 Å². The second-order valence-electron chi connectivity index (χ2n) is 15.1. The van der Waals surface area contributed by atoms with Gasteiger partial charge in [-0.1, -0.05) is 111 Å². The Balaban J connectivity index is 0.984. The van der Waals surface area contributed by atoms with E-state index in [0.717, 1.165) is 46.5 Å². The first-order valence-corrected chi connectivity index (χ1v) is 20.3. The van der Waals surface area contributed by atoms with Crippen LogP contribution in [0.2, 0.25) is 0 Å². The Kier molecular flexibility index (Phi) is 13.4. The van der Waals surface area contributed by atoms with Crippen molar-refractivity contribution in [1.82, 2.24) is 40.8 Å². The number of nitrogens with zero attached hydrogens (tertiary/aromatic N) is 3. The van der Waals surface area contributed by atoms with Gasteiger partial charge in [0.05, 0.1) is 50.1 Å². The number of methoxy groups -OCH3 is 2. The SMILES string of the molecule is COC(=O)NC(C(=O)NC(c1ncc(-c2ccc(C#Cc3ccc(-c4cnc(C5CCCN5C(=O)C(NC(=O)OC)c5ccccc5)[nH]4)cc3)cc2)[nH]1)C(C)C)c1ccccc1. The molecule has 1 aliphatic heterocycles. The fourth-order valence-corrected chi connectivity index (χ4v) is 7.41. The van der Waals surface area contributed by atoms with E-state index in [-0.39, 0.29) is 17.9 Å². The molecular formula is C48H48N8O6. The minimum absolute atomic E-state index is 0.0193. The first kappa shape index (κ1) is 42.5. The third kappa shape index (κ3) is 10.0. The van der Waals surface area contributed by atoms with E-state index in [1.54, 1.807) is 41.6 Å². The van der Waals surface area contributed by atoms with Gasteiger partial charge in [-0.3, -0.25) is 9.59 Å². The highest BCUT2D eigenvalue weighted by Crippen LogP contribution is 2.34. The van der Waals surface area contributed by atoms with E-state index in [1.165, 1.54) is 14.2 Å². The highest BCUT2D eigenvalue weighted by molar-refractivity contribution is 5.88. The molecule has 2 aromatic heterocycles. The topological polar surface area (TPSA) is 183 Å². The zero-order chi connectivity index (χ0) is 43.6. The van der Waals surface area contributed by atoms with Gasteiger partial charge in [0.25, 0.3) is 5.91 Å². The third-order valence-corrected chi connectivity index (χ3v) is 10.7. The van der Waals surface area contributed by atoms with Gasteiger partial charge in [-0.25, -0.2) is 19.6 Å². The fraction of sp³-hybridized carbons (Fsp3) is 0.250. The predicted octanol–water partition coefficient (Wildman–Crippen LogP) is 7.54. The third-order valence-electron chi connectivity index (χ3n) is 10.7. The summed E-state index contributed by atoms with van der Waals surface area (Å²) in [6.07, 6.45) is 3.67. The quantitative estimate of drug-likeness (QED) is 0.0784. The molecule has 5 N–H and O–H groups in total. The number of amides is 4. The molecule has 316 valence electrons. The van der Waals surface area contributed by atoms with Crippen LogP contribution >= 0.6 is 0 Å². The number of benzene rings is 4. The molecule has 0 radical (unpaired) electrons. The molecule has 14 heteroatoms. The normalized spacial score (nSPS) is 14.8. The fourth-order valence-electron chi connectivity index (χ4n) is 7.41. The molecule has 4 unspecified atom stereocenters. The maximum Gasteiger partial charge on any atom is 0.407 e. The van der Waals surface area contributed by atoms with E-state index in [9.17, 15) is 19.2 Å². The number of aromatic amines is 2.